The van der Waals surface area contributed by atoms with E-state index in [2.05, 4.69) is 67.6 Å². The van der Waals surface area contributed by atoms with E-state index >= 15 is 0 Å². The van der Waals surface area contributed by atoms with Crippen LogP contribution in [0.1, 0.15) is 132 Å². The van der Waals surface area contributed by atoms with Gasteiger partial charge in [0.15, 0.2) is 0 Å². The summed E-state index contributed by atoms with van der Waals surface area (Å²) in [7, 11) is 1.53. The van der Waals surface area contributed by atoms with Crippen molar-refractivity contribution in [1.29, 1.82) is 0 Å². The van der Waals surface area contributed by atoms with E-state index in [1.807, 2.05) is 24.5 Å². The van der Waals surface area contributed by atoms with Gasteiger partial charge in [-0.3, -0.25) is 0 Å². The Morgan fingerprint density at radius 1 is 0.636 bits per heavy atom. The van der Waals surface area contributed by atoms with Crippen molar-refractivity contribution in [2.75, 3.05) is 0 Å². The first-order chi connectivity index (χ1) is 25.8. The molecule has 3 aromatic rings. The summed E-state index contributed by atoms with van der Waals surface area (Å²) in [4.78, 5) is 0. The van der Waals surface area contributed by atoms with Gasteiger partial charge in [0.05, 0.1) is 17.0 Å². The van der Waals surface area contributed by atoms with Gasteiger partial charge >= 0.3 is 196 Å². The number of aryl methyl sites for hydroxylation is 3. The number of halogens is 8. The zero-order valence-electron chi connectivity index (χ0n) is 32.5. The Morgan fingerprint density at radius 3 is 1.42 bits per heavy atom. The van der Waals surface area contributed by atoms with E-state index in [0.717, 1.165) is 24.2 Å². The zero-order valence-corrected chi connectivity index (χ0v) is 37.6. The fraction of sp³-hybridized carbons (Fsp3) is 0.558. The molecule has 0 aliphatic heterocycles. The van der Waals surface area contributed by atoms with Crippen molar-refractivity contribution in [2.24, 2.45) is 0 Å². The molecule has 0 spiro atoms. The van der Waals surface area contributed by atoms with Crippen LogP contribution in [-0.4, -0.2) is 27.7 Å². The van der Waals surface area contributed by atoms with E-state index in [-0.39, 0.29) is 14.0 Å². The van der Waals surface area contributed by atoms with E-state index in [1.54, 1.807) is 96.3 Å². The number of benzene rings is 3. The van der Waals surface area contributed by atoms with Crippen LogP contribution >= 0.6 is 35.1 Å². The first kappa shape index (κ1) is 46.7. The molecule has 0 bridgehead atoms. The molecule has 3 fully saturated rings. The zero-order chi connectivity index (χ0) is 40.1. The van der Waals surface area contributed by atoms with Gasteiger partial charge in [0, 0.05) is 7.92 Å². The molecule has 0 radical (unpaired) electrons. The second-order valence-electron chi connectivity index (χ2n) is 15.9. The average Bonchev–Trinajstić information content (AvgIpc) is 3.12. The van der Waals surface area contributed by atoms with Crippen molar-refractivity contribution in [3.05, 3.63) is 89.0 Å². The maximum absolute atomic E-state index is 10.7. The summed E-state index contributed by atoms with van der Waals surface area (Å²) in [6.07, 6.45) is 25.9. The topological polar surface area (TPSA) is 9.23 Å². The summed E-state index contributed by atoms with van der Waals surface area (Å²) in [5.41, 5.74) is 11.1. The van der Waals surface area contributed by atoms with Gasteiger partial charge in [0.1, 0.15) is 0 Å². The predicted octanol–water partition coefficient (Wildman–Crippen LogP) is 16.9. The van der Waals surface area contributed by atoms with Crippen molar-refractivity contribution in [1.82, 2.24) is 0 Å². The van der Waals surface area contributed by atoms with Crippen LogP contribution in [0, 0.1) is 6.92 Å². The van der Waals surface area contributed by atoms with Gasteiger partial charge in [-0.05, 0) is 84.0 Å². The van der Waals surface area contributed by atoms with Crippen LogP contribution < -0.4 is 4.74 Å². The molecular weight excluding hydrogens is 880 g/mol. The van der Waals surface area contributed by atoms with Crippen LogP contribution in [0.4, 0.5) is 25.2 Å². The second-order valence-corrected chi connectivity index (χ2v) is 27.0. The van der Waals surface area contributed by atoms with Gasteiger partial charge in [-0.2, -0.15) is 0 Å². The summed E-state index contributed by atoms with van der Waals surface area (Å²) >= 11 is -1.91. The third-order valence-corrected chi connectivity index (χ3v) is 17.3. The van der Waals surface area contributed by atoms with Crippen molar-refractivity contribution in [3.8, 4) is 16.9 Å². The van der Waals surface area contributed by atoms with E-state index in [9.17, 15) is 25.2 Å². The Labute approximate surface area is 340 Å². The Kier molecular flexibility index (Phi) is 17.6. The minimum absolute atomic E-state index is 0.0465. The third kappa shape index (κ3) is 19.1. The molecule has 0 unspecified atom stereocenters. The molecule has 3 saturated carbocycles. The number of ether oxygens (including phenoxy) is 1. The fourth-order valence-electron chi connectivity index (χ4n) is 8.48. The SMILES string of the molecule is C1CCC([PH+](C2CCCCC2)C2CCCCC2)CC1.Cc1ccc(-c2ccc(CCc3ccc(OC(C)C)c([CH]=[Ru]([Cl])[Cl])c3)cc2)cc1.F[P-](F)(F)(F)(F)F. The molecule has 312 valence electrons. The van der Waals surface area contributed by atoms with Crippen molar-refractivity contribution in [3.63, 3.8) is 0 Å². The van der Waals surface area contributed by atoms with Gasteiger partial charge in [0.25, 0.3) is 0 Å². The van der Waals surface area contributed by atoms with Crippen LogP contribution in [0.25, 0.3) is 11.1 Å². The molecule has 6 rings (SSSR count). The third-order valence-electron chi connectivity index (χ3n) is 10.9. The molecule has 0 heterocycles. The quantitative estimate of drug-likeness (QED) is 0.112. The van der Waals surface area contributed by atoms with Crippen molar-refractivity contribution >= 4 is 39.7 Å². The molecule has 12 heteroatoms. The summed E-state index contributed by atoms with van der Waals surface area (Å²) in [6.45, 7) is 6.16. The van der Waals surface area contributed by atoms with Crippen LogP contribution in [0.2, 0.25) is 0 Å². The maximum atomic E-state index is 9.87. The molecule has 0 atom stereocenters. The molecule has 0 saturated heterocycles. The van der Waals surface area contributed by atoms with Crippen LogP contribution in [0.15, 0.2) is 66.7 Å². The molecular formula is C43H60Cl2F6OP2Ru. The first-order valence-corrected chi connectivity index (χ1v) is 29.3. The minimum atomic E-state index is -10.7. The normalized spacial score (nSPS) is 19.0. The van der Waals surface area contributed by atoms with E-state index in [0.29, 0.717) is 0 Å². The summed E-state index contributed by atoms with van der Waals surface area (Å²) in [6, 6.07) is 23.8. The number of hydrogen-bond acceptors (Lipinski definition) is 1. The van der Waals surface area contributed by atoms with Gasteiger partial charge < -0.3 is 0 Å². The fourth-order valence-corrected chi connectivity index (χ4v) is 15.5. The Hall–Kier alpha value is -1.03. The van der Waals surface area contributed by atoms with Gasteiger partial charge in [-0.15, -0.1) is 0 Å². The van der Waals surface area contributed by atoms with E-state index < -0.39 is 21.3 Å². The van der Waals surface area contributed by atoms with Crippen LogP contribution in [0.3, 0.4) is 0 Å². The molecule has 0 amide bonds. The molecule has 3 aromatic carbocycles. The van der Waals surface area contributed by atoms with Gasteiger partial charge in [0.2, 0.25) is 0 Å². The number of hydrogen-bond donors (Lipinski definition) is 0. The molecule has 1 nitrogen and oxygen atoms in total. The average molecular weight is 941 g/mol. The first-order valence-electron chi connectivity index (χ1n) is 20.0. The Morgan fingerprint density at radius 2 is 1.02 bits per heavy atom. The monoisotopic (exact) mass is 940 g/mol. The van der Waals surface area contributed by atoms with Crippen LogP contribution in [-0.2, 0) is 26.4 Å². The second kappa shape index (κ2) is 20.8. The Balaban J connectivity index is 0.000000220. The molecule has 55 heavy (non-hydrogen) atoms. The standard InChI is InChI=1S/C25H26O.C18H33P.2ClH.F6P.Ru/c1-18(2)26-25-16-11-22(17-20(25)4)8-7-21-9-14-24(15-10-21)23-12-5-19(3)6-13-23;1-4-10-16(11-5-1)19(17-12-6-2-7-13-17)18-14-8-3-9-15-18;;;1-7(2,3,4,5)6;/h4-6,9-18H,7-8H2,1-3H3;16-18H,1-15H2;2*1H;;/q;;;;-1;+2/p-1. The molecule has 0 aromatic heterocycles. The Bertz CT molecular complexity index is 1580. The van der Waals surface area contributed by atoms with E-state index in [1.165, 1.54) is 44.8 Å². The van der Waals surface area contributed by atoms with Crippen LogP contribution in [0.5, 0.6) is 5.75 Å². The summed E-state index contributed by atoms with van der Waals surface area (Å²) < 4.78 is 67.1. The van der Waals surface area contributed by atoms with Gasteiger partial charge in [-0.25, -0.2) is 0 Å². The van der Waals surface area contributed by atoms with Crippen molar-refractivity contribution in [2.45, 2.75) is 153 Å². The predicted molar refractivity (Wildman–Crippen MR) is 226 cm³/mol. The molecule has 0 N–H and O–H groups in total. The number of rotatable bonds is 10. The van der Waals surface area contributed by atoms with E-state index in [4.69, 9.17) is 24.1 Å². The van der Waals surface area contributed by atoms with Crippen molar-refractivity contribution < 1.29 is 43.4 Å². The molecule has 3 aliphatic carbocycles. The summed E-state index contributed by atoms with van der Waals surface area (Å²) in [5, 5.41) is 0. The molecule has 3 aliphatic rings. The summed E-state index contributed by atoms with van der Waals surface area (Å²) in [5.74, 6) is 0.853. The van der Waals surface area contributed by atoms with Gasteiger partial charge in [-0.1, -0.05) is 37.0 Å².